The zero-order valence-electron chi connectivity index (χ0n) is 19.4. The van der Waals surface area contributed by atoms with E-state index in [1.54, 1.807) is 0 Å². The third-order valence-electron chi connectivity index (χ3n) is 11.3. The van der Waals surface area contributed by atoms with E-state index in [-0.39, 0.29) is 5.41 Å². The van der Waals surface area contributed by atoms with E-state index in [4.69, 9.17) is 0 Å². The summed E-state index contributed by atoms with van der Waals surface area (Å²) < 4.78 is 0. The predicted molar refractivity (Wildman–Crippen MR) is 119 cm³/mol. The molecule has 3 heteroatoms. The van der Waals surface area contributed by atoms with E-state index in [0.717, 1.165) is 49.9 Å². The van der Waals surface area contributed by atoms with Crippen molar-refractivity contribution >= 4 is 5.91 Å². The van der Waals surface area contributed by atoms with Crippen molar-refractivity contribution in [2.75, 3.05) is 26.2 Å². The lowest BCUT2D eigenvalue weighted by Gasteiger charge is -2.65. The van der Waals surface area contributed by atoms with Gasteiger partial charge >= 0.3 is 0 Å². The SMILES string of the molecule is C[C@]12CC3CC(C(=O)N4CCN(C56CC7CC(CC(C7)C5)C6)CC4)(C1)C[C@@](C)(C3)C2. The Morgan fingerprint density at radius 1 is 0.667 bits per heavy atom. The van der Waals surface area contributed by atoms with Crippen LogP contribution in [0.2, 0.25) is 0 Å². The van der Waals surface area contributed by atoms with Crippen molar-refractivity contribution in [3.8, 4) is 0 Å². The Morgan fingerprint density at radius 3 is 1.70 bits per heavy atom. The number of rotatable bonds is 2. The predicted octanol–water partition coefficient (Wildman–Crippen LogP) is 5.10. The molecule has 166 valence electrons. The van der Waals surface area contributed by atoms with Gasteiger partial charge in [-0.05, 0) is 112 Å². The summed E-state index contributed by atoms with van der Waals surface area (Å²) in [5, 5.41) is 0. The Morgan fingerprint density at radius 2 is 1.20 bits per heavy atom. The molecule has 0 aromatic carbocycles. The van der Waals surface area contributed by atoms with Gasteiger partial charge in [0.15, 0.2) is 0 Å². The quantitative estimate of drug-likeness (QED) is 0.632. The van der Waals surface area contributed by atoms with Crippen LogP contribution in [0.4, 0.5) is 0 Å². The Bertz CT molecular complexity index is 712. The van der Waals surface area contributed by atoms with Crippen molar-refractivity contribution in [3.05, 3.63) is 0 Å². The molecule has 4 atom stereocenters. The first kappa shape index (κ1) is 18.9. The molecule has 1 saturated heterocycles. The highest BCUT2D eigenvalue weighted by atomic mass is 16.2. The monoisotopic (exact) mass is 410 g/mol. The third-order valence-corrected chi connectivity index (χ3v) is 11.3. The van der Waals surface area contributed by atoms with Gasteiger partial charge in [0, 0.05) is 31.7 Å². The van der Waals surface area contributed by atoms with Gasteiger partial charge in [0.2, 0.25) is 5.91 Å². The van der Waals surface area contributed by atoms with Crippen molar-refractivity contribution in [3.63, 3.8) is 0 Å². The first-order valence-electron chi connectivity index (χ1n) is 13.3. The second kappa shape index (κ2) is 5.86. The fraction of sp³-hybridized carbons (Fsp3) is 0.963. The molecular formula is C27H42N2O. The molecule has 8 bridgehead atoms. The molecule has 0 N–H and O–H groups in total. The van der Waals surface area contributed by atoms with Crippen molar-refractivity contribution in [2.24, 2.45) is 39.9 Å². The smallest absolute Gasteiger partial charge is 0.228 e. The molecule has 8 aliphatic carbocycles. The minimum absolute atomic E-state index is 0.00816. The van der Waals surface area contributed by atoms with Crippen molar-refractivity contribution in [2.45, 2.75) is 96.4 Å². The fourth-order valence-electron chi connectivity index (χ4n) is 11.9. The number of carbonyl (C=O) groups is 1. The molecule has 30 heavy (non-hydrogen) atoms. The van der Waals surface area contributed by atoms with Crippen LogP contribution in [0.25, 0.3) is 0 Å². The van der Waals surface area contributed by atoms with Gasteiger partial charge in [-0.2, -0.15) is 0 Å². The molecule has 1 aliphatic heterocycles. The maximum atomic E-state index is 14.0. The molecule has 9 rings (SSSR count). The Labute approximate surface area is 183 Å². The molecule has 0 aromatic rings. The van der Waals surface area contributed by atoms with E-state index < -0.39 is 0 Å². The minimum atomic E-state index is -0.00816. The average molecular weight is 411 g/mol. The molecule has 2 unspecified atom stereocenters. The molecular weight excluding hydrogens is 368 g/mol. The number of hydrogen-bond acceptors (Lipinski definition) is 2. The molecule has 0 aromatic heterocycles. The second-order valence-electron chi connectivity index (χ2n) is 14.3. The van der Waals surface area contributed by atoms with Crippen molar-refractivity contribution in [1.82, 2.24) is 9.80 Å². The first-order valence-corrected chi connectivity index (χ1v) is 13.3. The molecule has 3 nitrogen and oxygen atoms in total. The maximum absolute atomic E-state index is 14.0. The summed E-state index contributed by atoms with van der Waals surface area (Å²) in [6, 6.07) is 0. The largest absolute Gasteiger partial charge is 0.340 e. The van der Waals surface area contributed by atoms with Gasteiger partial charge in [0.25, 0.3) is 0 Å². The number of hydrogen-bond donors (Lipinski definition) is 0. The normalized spacial score (nSPS) is 56.7. The zero-order valence-corrected chi connectivity index (χ0v) is 19.4. The van der Waals surface area contributed by atoms with Crippen LogP contribution in [-0.4, -0.2) is 47.4 Å². The lowest BCUT2D eigenvalue weighted by molar-refractivity contribution is -0.182. The van der Waals surface area contributed by atoms with E-state index in [1.165, 1.54) is 77.0 Å². The molecule has 9 fully saturated rings. The average Bonchev–Trinajstić information content (AvgIpc) is 2.63. The number of amides is 1. The number of piperazine rings is 1. The van der Waals surface area contributed by atoms with E-state index in [2.05, 4.69) is 23.6 Å². The van der Waals surface area contributed by atoms with Gasteiger partial charge in [-0.1, -0.05) is 13.8 Å². The highest BCUT2D eigenvalue weighted by Crippen LogP contribution is 2.70. The van der Waals surface area contributed by atoms with Gasteiger partial charge in [-0.25, -0.2) is 0 Å². The summed E-state index contributed by atoms with van der Waals surface area (Å²) in [5.41, 5.74) is 1.38. The third kappa shape index (κ3) is 2.63. The Kier molecular flexibility index (Phi) is 3.70. The van der Waals surface area contributed by atoms with E-state index in [1.807, 2.05) is 0 Å². The van der Waals surface area contributed by atoms with E-state index in [9.17, 15) is 4.79 Å². The summed E-state index contributed by atoms with van der Waals surface area (Å²) >= 11 is 0. The molecule has 0 radical (unpaired) electrons. The first-order chi connectivity index (χ1) is 14.3. The van der Waals surface area contributed by atoms with Gasteiger partial charge < -0.3 is 4.90 Å². The van der Waals surface area contributed by atoms with Crippen molar-refractivity contribution < 1.29 is 4.79 Å². The fourth-order valence-corrected chi connectivity index (χ4v) is 11.9. The molecule has 8 saturated carbocycles. The summed E-state index contributed by atoms with van der Waals surface area (Å²) in [5.74, 6) is 4.43. The van der Waals surface area contributed by atoms with Crippen LogP contribution in [-0.2, 0) is 4.79 Å². The summed E-state index contributed by atoms with van der Waals surface area (Å²) in [7, 11) is 0. The van der Waals surface area contributed by atoms with Crippen LogP contribution in [0.3, 0.4) is 0 Å². The molecule has 1 heterocycles. The van der Waals surface area contributed by atoms with Crippen LogP contribution >= 0.6 is 0 Å². The number of carbonyl (C=O) groups excluding carboxylic acids is 1. The highest BCUT2D eigenvalue weighted by molar-refractivity contribution is 5.83. The van der Waals surface area contributed by atoms with Crippen LogP contribution in [0.15, 0.2) is 0 Å². The molecule has 1 amide bonds. The zero-order chi connectivity index (χ0) is 20.4. The number of nitrogens with zero attached hydrogens (tertiary/aromatic N) is 2. The minimum Gasteiger partial charge on any atom is -0.340 e. The summed E-state index contributed by atoms with van der Waals surface area (Å²) in [6.07, 6.45) is 16.7. The van der Waals surface area contributed by atoms with Crippen LogP contribution in [0.5, 0.6) is 0 Å². The van der Waals surface area contributed by atoms with Gasteiger partial charge in [-0.15, -0.1) is 0 Å². The van der Waals surface area contributed by atoms with Crippen LogP contribution < -0.4 is 0 Å². The molecule has 9 aliphatic rings. The topological polar surface area (TPSA) is 23.6 Å². The maximum Gasteiger partial charge on any atom is 0.228 e. The highest BCUT2D eigenvalue weighted by Gasteiger charge is 2.63. The van der Waals surface area contributed by atoms with Crippen molar-refractivity contribution in [1.29, 1.82) is 0 Å². The van der Waals surface area contributed by atoms with E-state index in [0.29, 0.717) is 22.3 Å². The lowest BCUT2D eigenvalue weighted by Crippen LogP contribution is -2.66. The summed E-state index contributed by atoms with van der Waals surface area (Å²) in [6.45, 7) is 9.30. The van der Waals surface area contributed by atoms with Crippen LogP contribution in [0, 0.1) is 39.9 Å². The van der Waals surface area contributed by atoms with E-state index >= 15 is 0 Å². The summed E-state index contributed by atoms with van der Waals surface area (Å²) in [4.78, 5) is 19.2. The van der Waals surface area contributed by atoms with Crippen LogP contribution in [0.1, 0.15) is 90.9 Å². The van der Waals surface area contributed by atoms with Gasteiger partial charge in [-0.3, -0.25) is 9.69 Å². The Hall–Kier alpha value is -0.570. The van der Waals surface area contributed by atoms with Gasteiger partial charge in [0.1, 0.15) is 0 Å². The molecule has 0 spiro atoms. The lowest BCUT2D eigenvalue weighted by atomic mass is 9.40. The second-order valence-corrected chi connectivity index (χ2v) is 14.3. The van der Waals surface area contributed by atoms with Gasteiger partial charge in [0.05, 0.1) is 5.41 Å². The Balaban J connectivity index is 1.07. The standard InChI is InChI=1S/C27H42N2O/c1-24-10-22-11-25(2,16-24)18-26(12-22,17-24)23(30)28-3-5-29(6-4-28)27-13-19-7-20(14-27)9-21(8-19)15-27/h19-22H,3-18H2,1-2H3/t19?,20?,21?,22?,24-,25+,26?,27?.